The van der Waals surface area contributed by atoms with Crippen LogP contribution in [-0.4, -0.2) is 37.0 Å². The summed E-state index contributed by atoms with van der Waals surface area (Å²) in [5.74, 6) is 1.09. The average Bonchev–Trinajstić information content (AvgIpc) is 3.38. The summed E-state index contributed by atoms with van der Waals surface area (Å²) in [4.78, 5) is 18.9. The molecule has 0 bridgehead atoms. The van der Waals surface area contributed by atoms with E-state index in [0.29, 0.717) is 18.2 Å². The summed E-state index contributed by atoms with van der Waals surface area (Å²) in [5.41, 5.74) is 3.32. The number of ether oxygens (including phenoxy) is 1. The van der Waals surface area contributed by atoms with Crippen molar-refractivity contribution in [2.45, 2.75) is 33.0 Å². The first kappa shape index (κ1) is 19.7. The van der Waals surface area contributed by atoms with Crippen molar-refractivity contribution in [3.63, 3.8) is 0 Å². The van der Waals surface area contributed by atoms with Gasteiger partial charge in [-0.2, -0.15) is 5.10 Å². The monoisotopic (exact) mass is 403 g/mol. The smallest absolute Gasteiger partial charge is 0.274 e. The average molecular weight is 403 g/mol. The summed E-state index contributed by atoms with van der Waals surface area (Å²) < 4.78 is 9.32. The highest BCUT2D eigenvalue weighted by atomic mass is 16.5. The fourth-order valence-electron chi connectivity index (χ4n) is 3.21. The van der Waals surface area contributed by atoms with Crippen molar-refractivity contribution in [1.29, 1.82) is 0 Å². The molecule has 7 nitrogen and oxygen atoms in total. The molecular formula is C23H25N5O2. The molecule has 0 aliphatic rings. The lowest BCUT2D eigenvalue weighted by molar-refractivity contribution is 0.0775. The SMILES string of the molecule is CC(C)c1ccc(OCn2ccc(C(=O)N(C)Cc3cn4ccccc4n3)n2)cc1. The molecule has 1 amide bonds. The van der Waals surface area contributed by atoms with Gasteiger partial charge in [0, 0.05) is 25.6 Å². The Morgan fingerprint density at radius 3 is 2.63 bits per heavy atom. The van der Waals surface area contributed by atoms with Gasteiger partial charge in [-0.3, -0.25) is 4.79 Å². The first-order valence-corrected chi connectivity index (χ1v) is 9.94. The molecule has 0 radical (unpaired) electrons. The molecule has 4 aromatic rings. The number of hydrogen-bond acceptors (Lipinski definition) is 4. The van der Waals surface area contributed by atoms with Crippen molar-refractivity contribution < 1.29 is 9.53 Å². The third-order valence-electron chi connectivity index (χ3n) is 4.93. The zero-order valence-electron chi connectivity index (χ0n) is 17.4. The molecule has 1 aromatic carbocycles. The van der Waals surface area contributed by atoms with Gasteiger partial charge in [-0.1, -0.05) is 32.0 Å². The highest BCUT2D eigenvalue weighted by molar-refractivity contribution is 5.91. The Kier molecular flexibility index (Phi) is 5.52. The normalized spacial score (nSPS) is 11.2. The number of aromatic nitrogens is 4. The zero-order valence-corrected chi connectivity index (χ0v) is 17.4. The number of pyridine rings is 1. The van der Waals surface area contributed by atoms with Gasteiger partial charge >= 0.3 is 0 Å². The third kappa shape index (κ3) is 4.35. The molecule has 0 aliphatic heterocycles. The maximum absolute atomic E-state index is 12.7. The number of nitrogens with zero attached hydrogens (tertiary/aromatic N) is 5. The summed E-state index contributed by atoms with van der Waals surface area (Å²) in [6.07, 6.45) is 5.61. The van der Waals surface area contributed by atoms with E-state index in [1.807, 2.05) is 47.1 Å². The van der Waals surface area contributed by atoms with Crippen LogP contribution in [0.15, 0.2) is 67.1 Å². The molecule has 0 N–H and O–H groups in total. The van der Waals surface area contributed by atoms with Crippen LogP contribution in [-0.2, 0) is 13.3 Å². The Morgan fingerprint density at radius 1 is 1.10 bits per heavy atom. The van der Waals surface area contributed by atoms with E-state index in [0.717, 1.165) is 17.1 Å². The van der Waals surface area contributed by atoms with E-state index < -0.39 is 0 Å². The predicted molar refractivity (Wildman–Crippen MR) is 114 cm³/mol. The van der Waals surface area contributed by atoms with Gasteiger partial charge in [-0.25, -0.2) is 9.67 Å². The van der Waals surface area contributed by atoms with Crippen LogP contribution in [0, 0.1) is 0 Å². The Labute approximate surface area is 175 Å². The second kappa shape index (κ2) is 8.41. The maximum Gasteiger partial charge on any atom is 0.274 e. The minimum absolute atomic E-state index is 0.160. The summed E-state index contributed by atoms with van der Waals surface area (Å²) in [6.45, 7) is 4.96. The Hall–Kier alpha value is -3.61. The Morgan fingerprint density at radius 2 is 1.90 bits per heavy atom. The second-order valence-corrected chi connectivity index (χ2v) is 7.60. The van der Waals surface area contributed by atoms with Gasteiger partial charge in [0.15, 0.2) is 12.4 Å². The molecule has 0 fully saturated rings. The van der Waals surface area contributed by atoms with Gasteiger partial charge < -0.3 is 14.0 Å². The van der Waals surface area contributed by atoms with Crippen molar-refractivity contribution in [1.82, 2.24) is 24.1 Å². The Bertz CT molecular complexity index is 1110. The molecule has 3 heterocycles. The number of carbonyl (C=O) groups is 1. The van der Waals surface area contributed by atoms with E-state index in [4.69, 9.17) is 4.74 Å². The summed E-state index contributed by atoms with van der Waals surface area (Å²) in [6, 6.07) is 15.5. The number of carbonyl (C=O) groups excluding carboxylic acids is 1. The highest BCUT2D eigenvalue weighted by Gasteiger charge is 2.16. The van der Waals surface area contributed by atoms with E-state index in [1.165, 1.54) is 5.56 Å². The van der Waals surface area contributed by atoms with Crippen LogP contribution >= 0.6 is 0 Å². The molecule has 4 rings (SSSR count). The highest BCUT2D eigenvalue weighted by Crippen LogP contribution is 2.19. The molecule has 7 heteroatoms. The van der Waals surface area contributed by atoms with Gasteiger partial charge in [0.2, 0.25) is 0 Å². The summed E-state index contributed by atoms with van der Waals surface area (Å²) in [5, 5.41) is 4.35. The lowest BCUT2D eigenvalue weighted by Crippen LogP contribution is -2.27. The van der Waals surface area contributed by atoms with Crippen LogP contribution in [0.3, 0.4) is 0 Å². The van der Waals surface area contributed by atoms with Crippen molar-refractivity contribution in [3.05, 3.63) is 84.1 Å². The molecule has 154 valence electrons. The predicted octanol–water partition coefficient (Wildman–Crippen LogP) is 3.96. The number of hydrogen-bond donors (Lipinski definition) is 0. The minimum Gasteiger partial charge on any atom is -0.471 e. The number of fused-ring (bicyclic) bond motifs is 1. The van der Waals surface area contributed by atoms with Crippen molar-refractivity contribution in [3.8, 4) is 5.75 Å². The van der Waals surface area contributed by atoms with Crippen LogP contribution in [0.4, 0.5) is 0 Å². The molecule has 0 saturated heterocycles. The van der Waals surface area contributed by atoms with Crippen LogP contribution in [0.25, 0.3) is 5.65 Å². The number of benzene rings is 1. The fourth-order valence-corrected chi connectivity index (χ4v) is 3.21. The molecule has 3 aromatic heterocycles. The first-order valence-electron chi connectivity index (χ1n) is 9.94. The lowest BCUT2D eigenvalue weighted by atomic mass is 10.0. The topological polar surface area (TPSA) is 64.7 Å². The van der Waals surface area contributed by atoms with E-state index >= 15 is 0 Å². The quantitative estimate of drug-likeness (QED) is 0.468. The van der Waals surface area contributed by atoms with E-state index in [2.05, 4.69) is 36.1 Å². The zero-order chi connectivity index (χ0) is 21.1. The van der Waals surface area contributed by atoms with Crippen LogP contribution < -0.4 is 4.74 Å². The van der Waals surface area contributed by atoms with Crippen molar-refractivity contribution in [2.75, 3.05) is 7.05 Å². The van der Waals surface area contributed by atoms with E-state index in [-0.39, 0.29) is 12.6 Å². The largest absolute Gasteiger partial charge is 0.471 e. The molecule has 0 saturated carbocycles. The first-order chi connectivity index (χ1) is 14.5. The third-order valence-corrected chi connectivity index (χ3v) is 4.93. The molecule has 0 atom stereocenters. The van der Waals surface area contributed by atoms with Gasteiger partial charge in [-0.15, -0.1) is 0 Å². The van der Waals surface area contributed by atoms with E-state index in [1.54, 1.807) is 28.9 Å². The minimum atomic E-state index is -0.160. The van der Waals surface area contributed by atoms with Gasteiger partial charge in [0.25, 0.3) is 5.91 Å². The van der Waals surface area contributed by atoms with Crippen LogP contribution in [0.2, 0.25) is 0 Å². The molecular weight excluding hydrogens is 378 g/mol. The second-order valence-electron chi connectivity index (χ2n) is 7.60. The maximum atomic E-state index is 12.7. The lowest BCUT2D eigenvalue weighted by Gasteiger charge is -2.14. The van der Waals surface area contributed by atoms with Gasteiger partial charge in [0.1, 0.15) is 11.4 Å². The summed E-state index contributed by atoms with van der Waals surface area (Å²) in [7, 11) is 1.75. The Balaban J connectivity index is 1.35. The molecule has 0 aliphatic carbocycles. The van der Waals surface area contributed by atoms with Gasteiger partial charge in [-0.05, 0) is 41.8 Å². The number of rotatable bonds is 7. The van der Waals surface area contributed by atoms with Crippen molar-refractivity contribution >= 4 is 11.6 Å². The standard InChI is InChI=1S/C23H25N5O2/c1-17(2)18-7-9-20(10-8-18)30-16-28-13-11-21(25-28)23(29)26(3)14-19-15-27-12-5-4-6-22(27)24-19/h4-13,15,17H,14,16H2,1-3H3. The summed E-state index contributed by atoms with van der Waals surface area (Å²) >= 11 is 0. The van der Waals surface area contributed by atoms with Crippen molar-refractivity contribution in [2.24, 2.45) is 0 Å². The van der Waals surface area contributed by atoms with Crippen LogP contribution in [0.1, 0.15) is 41.5 Å². The van der Waals surface area contributed by atoms with Gasteiger partial charge in [0.05, 0.1) is 12.2 Å². The number of amides is 1. The van der Waals surface area contributed by atoms with Crippen LogP contribution in [0.5, 0.6) is 5.75 Å². The fraction of sp³-hybridized carbons (Fsp3) is 0.261. The molecule has 30 heavy (non-hydrogen) atoms. The van der Waals surface area contributed by atoms with E-state index in [9.17, 15) is 4.79 Å². The number of imidazole rings is 1. The molecule has 0 unspecified atom stereocenters. The molecule has 0 spiro atoms.